The van der Waals surface area contributed by atoms with Gasteiger partial charge < -0.3 is 0 Å². The van der Waals surface area contributed by atoms with Crippen LogP contribution in [0.5, 0.6) is 0 Å². The molecular formula is C20H34N4. The first-order valence-corrected chi connectivity index (χ1v) is 9.69. The van der Waals surface area contributed by atoms with E-state index in [-0.39, 0.29) is 0 Å². The molecule has 1 heterocycles. The molecule has 24 heavy (non-hydrogen) atoms. The molecule has 1 aromatic heterocycles. The zero-order chi connectivity index (χ0) is 17.0. The molecule has 4 nitrogen and oxygen atoms in total. The van der Waals surface area contributed by atoms with E-state index in [0.29, 0.717) is 0 Å². The summed E-state index contributed by atoms with van der Waals surface area (Å²) >= 11 is 0. The Morgan fingerprint density at radius 2 is 2.04 bits per heavy atom. The second kappa shape index (κ2) is 11.3. The summed E-state index contributed by atoms with van der Waals surface area (Å²) in [7, 11) is 0. The Morgan fingerprint density at radius 3 is 2.79 bits per heavy atom. The molecule has 0 bridgehead atoms. The molecule has 134 valence electrons. The van der Waals surface area contributed by atoms with Crippen LogP contribution in [0.2, 0.25) is 0 Å². The van der Waals surface area contributed by atoms with Gasteiger partial charge in [-0.05, 0) is 43.1 Å². The van der Waals surface area contributed by atoms with Crippen molar-refractivity contribution in [2.75, 3.05) is 26.3 Å². The van der Waals surface area contributed by atoms with Crippen molar-refractivity contribution in [1.29, 1.82) is 0 Å². The fourth-order valence-electron chi connectivity index (χ4n) is 3.37. The molecule has 0 unspecified atom stereocenters. The highest BCUT2D eigenvalue weighted by atomic mass is 15.2. The molecule has 0 atom stereocenters. The zero-order valence-electron chi connectivity index (χ0n) is 15.5. The van der Waals surface area contributed by atoms with Crippen LogP contribution in [-0.2, 0) is 6.54 Å². The van der Waals surface area contributed by atoms with Crippen molar-refractivity contribution >= 4 is 6.21 Å². The standard InChI is InChI=1S/C20H34N4/c1-3-24(4-2)17-22-16-20-14-19(11-13-23-20)15-21-12-10-18-8-6-5-7-9-18/h11,13-15,18,22H,3-10,12,16-17H2,1-2H3. The lowest BCUT2D eigenvalue weighted by Crippen LogP contribution is -2.33. The fourth-order valence-corrected chi connectivity index (χ4v) is 3.37. The molecule has 0 saturated heterocycles. The SMILES string of the molecule is CCN(CC)CNCc1cc(C=NCCC2CCCCC2)ccn1. The molecule has 1 saturated carbocycles. The predicted octanol–water partition coefficient (Wildman–Crippen LogP) is 3.86. The number of rotatable bonds is 10. The zero-order valence-corrected chi connectivity index (χ0v) is 15.5. The number of aliphatic imine (C=N–C) groups is 1. The van der Waals surface area contributed by atoms with Crippen molar-refractivity contribution in [3.05, 3.63) is 29.6 Å². The average molecular weight is 331 g/mol. The van der Waals surface area contributed by atoms with Gasteiger partial charge >= 0.3 is 0 Å². The molecule has 0 radical (unpaired) electrons. The van der Waals surface area contributed by atoms with Crippen molar-refractivity contribution < 1.29 is 0 Å². The summed E-state index contributed by atoms with van der Waals surface area (Å²) in [5.74, 6) is 0.910. The summed E-state index contributed by atoms with van der Waals surface area (Å²) in [5, 5.41) is 3.46. The maximum absolute atomic E-state index is 4.63. The Labute approximate surface area is 147 Å². The van der Waals surface area contributed by atoms with Crippen LogP contribution in [0.1, 0.15) is 63.6 Å². The molecule has 0 aliphatic heterocycles. The number of hydrogen-bond donors (Lipinski definition) is 1. The van der Waals surface area contributed by atoms with Crippen molar-refractivity contribution in [2.24, 2.45) is 10.9 Å². The highest BCUT2D eigenvalue weighted by Crippen LogP contribution is 2.25. The van der Waals surface area contributed by atoms with E-state index < -0.39 is 0 Å². The second-order valence-electron chi connectivity index (χ2n) is 6.80. The van der Waals surface area contributed by atoms with Gasteiger partial charge in [0, 0.05) is 32.2 Å². The maximum atomic E-state index is 4.63. The molecule has 1 fully saturated rings. The Kier molecular flexibility index (Phi) is 9.00. The minimum atomic E-state index is 0.806. The number of nitrogens with zero attached hydrogens (tertiary/aromatic N) is 3. The Bertz CT molecular complexity index is 476. The van der Waals surface area contributed by atoms with Crippen LogP contribution in [0.25, 0.3) is 0 Å². The minimum Gasteiger partial charge on any atom is -0.299 e. The predicted molar refractivity (Wildman–Crippen MR) is 103 cm³/mol. The molecule has 4 heteroatoms. The van der Waals surface area contributed by atoms with E-state index in [1.165, 1.54) is 38.5 Å². The van der Waals surface area contributed by atoms with E-state index in [0.717, 1.165) is 50.0 Å². The van der Waals surface area contributed by atoms with E-state index in [4.69, 9.17) is 0 Å². The molecule has 0 amide bonds. The number of hydrogen-bond acceptors (Lipinski definition) is 4. The van der Waals surface area contributed by atoms with Crippen LogP contribution in [0, 0.1) is 5.92 Å². The van der Waals surface area contributed by atoms with E-state index in [9.17, 15) is 0 Å². The Morgan fingerprint density at radius 1 is 1.25 bits per heavy atom. The second-order valence-corrected chi connectivity index (χ2v) is 6.80. The largest absolute Gasteiger partial charge is 0.299 e. The lowest BCUT2D eigenvalue weighted by atomic mass is 9.87. The van der Waals surface area contributed by atoms with Gasteiger partial charge in [-0.1, -0.05) is 46.0 Å². The monoisotopic (exact) mass is 330 g/mol. The van der Waals surface area contributed by atoms with Crippen LogP contribution in [0.15, 0.2) is 23.3 Å². The normalized spacial score (nSPS) is 16.3. The maximum Gasteiger partial charge on any atom is 0.0548 e. The van der Waals surface area contributed by atoms with E-state index in [2.05, 4.69) is 40.1 Å². The van der Waals surface area contributed by atoms with Gasteiger partial charge in [0.15, 0.2) is 0 Å². The third-order valence-electron chi connectivity index (χ3n) is 5.01. The van der Waals surface area contributed by atoms with Crippen LogP contribution in [-0.4, -0.2) is 42.4 Å². The summed E-state index contributed by atoms with van der Waals surface area (Å²) in [4.78, 5) is 11.4. The third kappa shape index (κ3) is 7.10. The number of nitrogens with one attached hydrogen (secondary N) is 1. The van der Waals surface area contributed by atoms with Crippen LogP contribution >= 0.6 is 0 Å². The Balaban J connectivity index is 1.72. The lowest BCUT2D eigenvalue weighted by molar-refractivity contribution is 0.277. The smallest absolute Gasteiger partial charge is 0.0548 e. The van der Waals surface area contributed by atoms with Crippen molar-refractivity contribution in [3.8, 4) is 0 Å². The lowest BCUT2D eigenvalue weighted by Gasteiger charge is -2.20. The van der Waals surface area contributed by atoms with Gasteiger partial charge in [0.25, 0.3) is 0 Å². The van der Waals surface area contributed by atoms with Gasteiger partial charge in [0.2, 0.25) is 0 Å². The summed E-state index contributed by atoms with van der Waals surface area (Å²) in [5.41, 5.74) is 2.24. The summed E-state index contributed by atoms with van der Waals surface area (Å²) < 4.78 is 0. The molecular weight excluding hydrogens is 296 g/mol. The van der Waals surface area contributed by atoms with Gasteiger partial charge in [0.1, 0.15) is 0 Å². The van der Waals surface area contributed by atoms with Gasteiger partial charge in [-0.15, -0.1) is 0 Å². The third-order valence-corrected chi connectivity index (χ3v) is 5.01. The van der Waals surface area contributed by atoms with E-state index in [1.54, 1.807) is 0 Å². The van der Waals surface area contributed by atoms with Crippen molar-refractivity contribution in [1.82, 2.24) is 15.2 Å². The molecule has 1 N–H and O–H groups in total. The highest BCUT2D eigenvalue weighted by molar-refractivity contribution is 5.79. The first kappa shape index (κ1) is 19.1. The first-order chi connectivity index (χ1) is 11.8. The highest BCUT2D eigenvalue weighted by Gasteiger charge is 2.12. The summed E-state index contributed by atoms with van der Waals surface area (Å²) in [6.45, 7) is 9.20. The molecule has 2 rings (SSSR count). The molecule has 1 aliphatic rings. The molecule has 1 aliphatic carbocycles. The quantitative estimate of drug-likeness (QED) is 0.523. The molecule has 0 aromatic carbocycles. The van der Waals surface area contributed by atoms with Crippen LogP contribution < -0.4 is 5.32 Å². The number of pyridine rings is 1. The fraction of sp³-hybridized carbons (Fsp3) is 0.700. The summed E-state index contributed by atoms with van der Waals surface area (Å²) in [6.07, 6.45) is 12.2. The number of aromatic nitrogens is 1. The first-order valence-electron chi connectivity index (χ1n) is 9.69. The van der Waals surface area contributed by atoms with Crippen LogP contribution in [0.4, 0.5) is 0 Å². The van der Waals surface area contributed by atoms with Crippen LogP contribution in [0.3, 0.4) is 0 Å². The minimum absolute atomic E-state index is 0.806. The van der Waals surface area contributed by atoms with E-state index >= 15 is 0 Å². The van der Waals surface area contributed by atoms with Gasteiger partial charge in [0.05, 0.1) is 5.69 Å². The van der Waals surface area contributed by atoms with Gasteiger partial charge in [-0.2, -0.15) is 0 Å². The molecule has 1 aromatic rings. The van der Waals surface area contributed by atoms with Crippen molar-refractivity contribution in [2.45, 2.75) is 58.9 Å². The van der Waals surface area contributed by atoms with Crippen molar-refractivity contribution in [3.63, 3.8) is 0 Å². The average Bonchev–Trinajstić information content (AvgIpc) is 2.64. The van der Waals surface area contributed by atoms with Gasteiger partial charge in [-0.25, -0.2) is 0 Å². The van der Waals surface area contributed by atoms with Gasteiger partial charge in [-0.3, -0.25) is 20.2 Å². The van der Waals surface area contributed by atoms with E-state index in [1.807, 2.05) is 18.5 Å². The molecule has 0 spiro atoms. The Hall–Kier alpha value is -1.26. The summed E-state index contributed by atoms with van der Waals surface area (Å²) in [6, 6.07) is 4.18. The topological polar surface area (TPSA) is 40.5 Å².